The number of amides is 1. The van der Waals surface area contributed by atoms with Crippen LogP contribution in [0.2, 0.25) is 0 Å². The molecule has 2 heterocycles. The number of hydrogen-bond acceptors (Lipinski definition) is 2. The molecule has 1 amide bonds. The van der Waals surface area contributed by atoms with Crippen molar-refractivity contribution in [1.82, 2.24) is 10.4 Å². The lowest BCUT2D eigenvalue weighted by Gasteiger charge is -2.19. The molecule has 142 valence electrons. The molecule has 4 nitrogen and oxygen atoms in total. The van der Waals surface area contributed by atoms with E-state index in [1.54, 1.807) is 0 Å². The van der Waals surface area contributed by atoms with Crippen molar-refractivity contribution in [2.45, 2.75) is 13.3 Å². The van der Waals surface area contributed by atoms with Gasteiger partial charge in [-0.05, 0) is 28.8 Å². The zero-order chi connectivity index (χ0) is 19.8. The number of carbonyl (C=O) groups excluding carboxylic acids is 1. The number of aromatic nitrogens is 1. The number of hydrazone groups is 1. The van der Waals surface area contributed by atoms with Gasteiger partial charge in [0.2, 0.25) is 5.91 Å². The van der Waals surface area contributed by atoms with Crippen LogP contribution in [-0.4, -0.2) is 16.6 Å². The first-order chi connectivity index (χ1) is 14.2. The normalized spacial score (nSPS) is 16.5. The Bertz CT molecular complexity index is 1220. The van der Waals surface area contributed by atoms with Gasteiger partial charge in [0, 0.05) is 28.8 Å². The van der Waals surface area contributed by atoms with Gasteiger partial charge in [-0.25, -0.2) is 5.43 Å². The molecule has 0 aliphatic carbocycles. The minimum Gasteiger partial charge on any atom is -0.354 e. The van der Waals surface area contributed by atoms with Crippen LogP contribution in [0, 0.1) is 5.92 Å². The Kier molecular flexibility index (Phi) is 4.24. The summed E-state index contributed by atoms with van der Waals surface area (Å²) in [6, 6.07) is 27.2. The third kappa shape index (κ3) is 3.13. The summed E-state index contributed by atoms with van der Waals surface area (Å²) < 4.78 is 0. The number of aromatic amines is 1. The summed E-state index contributed by atoms with van der Waals surface area (Å²) >= 11 is 0. The van der Waals surface area contributed by atoms with Crippen molar-refractivity contribution in [3.8, 4) is 22.4 Å². The zero-order valence-electron chi connectivity index (χ0n) is 16.1. The topological polar surface area (TPSA) is 57.2 Å². The van der Waals surface area contributed by atoms with Gasteiger partial charge in [-0.15, -0.1) is 0 Å². The molecule has 0 spiro atoms. The Balaban J connectivity index is 1.74. The van der Waals surface area contributed by atoms with Crippen LogP contribution in [0.15, 0.2) is 84.0 Å². The number of benzene rings is 3. The number of carbonyl (C=O) groups is 1. The van der Waals surface area contributed by atoms with Crippen LogP contribution in [-0.2, 0) is 4.79 Å². The second-order valence-corrected chi connectivity index (χ2v) is 7.50. The van der Waals surface area contributed by atoms with Crippen molar-refractivity contribution in [2.24, 2.45) is 11.0 Å². The Morgan fingerprint density at radius 1 is 0.862 bits per heavy atom. The third-order valence-electron chi connectivity index (χ3n) is 5.48. The smallest absolute Gasteiger partial charge is 0.240 e. The fraction of sp³-hybridized carbons (Fsp3) is 0.120. The molecule has 0 saturated heterocycles. The number of hydrogen-bond donors (Lipinski definition) is 2. The van der Waals surface area contributed by atoms with Crippen molar-refractivity contribution in [2.75, 3.05) is 0 Å². The fourth-order valence-electron chi connectivity index (χ4n) is 4.08. The predicted molar refractivity (Wildman–Crippen MR) is 118 cm³/mol. The van der Waals surface area contributed by atoms with Crippen LogP contribution in [0.25, 0.3) is 33.3 Å². The van der Waals surface area contributed by atoms with E-state index >= 15 is 0 Å². The summed E-state index contributed by atoms with van der Waals surface area (Å²) in [5.74, 6) is 0.0641. The molecular formula is C25H21N3O. The highest BCUT2D eigenvalue weighted by atomic mass is 16.2. The maximum Gasteiger partial charge on any atom is 0.240 e. The van der Waals surface area contributed by atoms with Gasteiger partial charge in [0.05, 0.1) is 11.4 Å². The van der Waals surface area contributed by atoms with Crippen molar-refractivity contribution >= 4 is 22.5 Å². The first-order valence-electron chi connectivity index (χ1n) is 9.84. The lowest BCUT2D eigenvalue weighted by Crippen LogP contribution is -2.31. The summed E-state index contributed by atoms with van der Waals surface area (Å²) in [6.07, 6.45) is 0.463. The van der Waals surface area contributed by atoms with E-state index in [0.717, 1.165) is 33.4 Å². The molecule has 5 rings (SSSR count). The molecule has 3 aromatic carbocycles. The fourth-order valence-corrected chi connectivity index (χ4v) is 4.08. The lowest BCUT2D eigenvalue weighted by atomic mass is 9.92. The molecule has 4 heteroatoms. The van der Waals surface area contributed by atoms with E-state index < -0.39 is 0 Å². The molecule has 1 unspecified atom stereocenters. The quantitative estimate of drug-likeness (QED) is 0.494. The van der Waals surface area contributed by atoms with Gasteiger partial charge < -0.3 is 4.98 Å². The van der Waals surface area contributed by atoms with E-state index in [9.17, 15) is 4.79 Å². The summed E-state index contributed by atoms with van der Waals surface area (Å²) in [4.78, 5) is 15.3. The second-order valence-electron chi connectivity index (χ2n) is 7.50. The second kappa shape index (κ2) is 7.06. The lowest BCUT2D eigenvalue weighted by molar-refractivity contribution is -0.121. The average molecular weight is 379 g/mol. The van der Waals surface area contributed by atoms with Gasteiger partial charge in [-0.1, -0.05) is 73.7 Å². The molecule has 1 atom stereocenters. The number of nitrogens with one attached hydrogen (secondary N) is 2. The van der Waals surface area contributed by atoms with Crippen LogP contribution in [0.3, 0.4) is 0 Å². The van der Waals surface area contributed by atoms with Crippen molar-refractivity contribution < 1.29 is 4.79 Å². The molecule has 0 radical (unpaired) electrons. The van der Waals surface area contributed by atoms with Crippen LogP contribution in [0.4, 0.5) is 0 Å². The van der Waals surface area contributed by atoms with Gasteiger partial charge in [0.15, 0.2) is 0 Å². The maximum absolute atomic E-state index is 11.6. The van der Waals surface area contributed by atoms with Gasteiger partial charge in [0.25, 0.3) is 0 Å². The van der Waals surface area contributed by atoms with E-state index in [0.29, 0.717) is 6.42 Å². The number of rotatable bonds is 3. The minimum absolute atomic E-state index is 0.0275. The summed E-state index contributed by atoms with van der Waals surface area (Å²) in [5, 5.41) is 5.50. The first kappa shape index (κ1) is 17.4. The van der Waals surface area contributed by atoms with E-state index in [-0.39, 0.29) is 11.8 Å². The molecule has 1 aliphatic rings. The average Bonchev–Trinajstić information content (AvgIpc) is 3.14. The molecule has 29 heavy (non-hydrogen) atoms. The highest BCUT2D eigenvalue weighted by molar-refractivity contribution is 6.11. The molecule has 0 bridgehead atoms. The number of nitrogens with zero attached hydrogens (tertiary/aromatic N) is 1. The summed E-state index contributed by atoms with van der Waals surface area (Å²) in [7, 11) is 0. The molecule has 1 aliphatic heterocycles. The first-order valence-corrected chi connectivity index (χ1v) is 9.84. The summed E-state index contributed by atoms with van der Waals surface area (Å²) in [5.41, 5.74) is 10.3. The van der Waals surface area contributed by atoms with E-state index in [2.05, 4.69) is 82.2 Å². The Morgan fingerprint density at radius 3 is 2.24 bits per heavy atom. The van der Waals surface area contributed by atoms with E-state index in [1.807, 2.05) is 19.1 Å². The highest BCUT2D eigenvalue weighted by Crippen LogP contribution is 2.39. The van der Waals surface area contributed by atoms with Crippen molar-refractivity contribution in [1.29, 1.82) is 0 Å². The highest BCUT2D eigenvalue weighted by Gasteiger charge is 2.23. The Morgan fingerprint density at radius 2 is 1.55 bits per heavy atom. The zero-order valence-corrected chi connectivity index (χ0v) is 16.1. The molecule has 0 saturated carbocycles. The largest absolute Gasteiger partial charge is 0.354 e. The van der Waals surface area contributed by atoms with Crippen LogP contribution < -0.4 is 5.43 Å². The Labute approximate surface area is 169 Å². The van der Waals surface area contributed by atoms with Gasteiger partial charge >= 0.3 is 0 Å². The third-order valence-corrected chi connectivity index (χ3v) is 5.48. The van der Waals surface area contributed by atoms with Crippen LogP contribution >= 0.6 is 0 Å². The molecule has 1 aromatic heterocycles. The van der Waals surface area contributed by atoms with Gasteiger partial charge in [-0.2, -0.15) is 5.10 Å². The van der Waals surface area contributed by atoms with Crippen molar-refractivity contribution in [3.63, 3.8) is 0 Å². The predicted octanol–water partition coefficient (Wildman–Crippen LogP) is 5.36. The monoisotopic (exact) mass is 379 g/mol. The molecular weight excluding hydrogens is 358 g/mol. The van der Waals surface area contributed by atoms with Crippen LogP contribution in [0.1, 0.15) is 18.9 Å². The Hall–Kier alpha value is -3.66. The van der Waals surface area contributed by atoms with Crippen molar-refractivity contribution in [3.05, 3.63) is 84.4 Å². The number of H-pyrrole nitrogens is 1. The molecule has 4 aromatic rings. The SMILES string of the molecule is CC1CC(=O)NN=C1c1ccc2[nH]c(-c3ccccc3)c(-c3ccccc3)c2c1. The molecule has 2 N–H and O–H groups in total. The van der Waals surface area contributed by atoms with Gasteiger partial charge in [-0.3, -0.25) is 4.79 Å². The van der Waals surface area contributed by atoms with Gasteiger partial charge in [0.1, 0.15) is 0 Å². The standard InChI is InChI=1S/C25H21N3O/c1-16-14-22(29)27-28-24(16)19-12-13-21-20(15-19)23(17-8-4-2-5-9-17)25(26-21)18-10-6-3-7-11-18/h2-13,15-16,26H,14H2,1H3,(H,27,29). The van der Waals surface area contributed by atoms with E-state index in [4.69, 9.17) is 0 Å². The summed E-state index contributed by atoms with van der Waals surface area (Å²) in [6.45, 7) is 2.05. The van der Waals surface area contributed by atoms with Crippen LogP contribution in [0.5, 0.6) is 0 Å². The molecule has 0 fully saturated rings. The minimum atomic E-state index is -0.0275. The number of fused-ring (bicyclic) bond motifs is 1. The van der Waals surface area contributed by atoms with E-state index in [1.165, 1.54) is 11.1 Å². The maximum atomic E-state index is 11.6.